The minimum absolute atomic E-state index is 0.629. The first-order valence-corrected chi connectivity index (χ1v) is 4.84. The molecule has 80 valence electrons. The van der Waals surface area contributed by atoms with Crippen LogP contribution in [0.3, 0.4) is 0 Å². The van der Waals surface area contributed by atoms with Crippen molar-refractivity contribution in [3.8, 4) is 23.1 Å². The van der Waals surface area contributed by atoms with Gasteiger partial charge in [-0.25, -0.2) is 5.10 Å². The Hall–Kier alpha value is -2.28. The number of nitriles is 1. The summed E-state index contributed by atoms with van der Waals surface area (Å²) < 4.78 is 5.15. The Morgan fingerprint density at radius 3 is 2.88 bits per heavy atom. The zero-order valence-electron chi connectivity index (χ0n) is 9.11. The molecule has 4 heteroatoms. The predicted octanol–water partition coefficient (Wildman–Crippen LogP) is 2.27. The van der Waals surface area contributed by atoms with E-state index in [-0.39, 0.29) is 0 Å². The summed E-state index contributed by atoms with van der Waals surface area (Å²) >= 11 is 0. The monoisotopic (exact) mass is 213 g/mol. The highest BCUT2D eigenvalue weighted by atomic mass is 16.5. The van der Waals surface area contributed by atoms with Gasteiger partial charge in [-0.15, -0.1) is 0 Å². The molecule has 0 aliphatic carbocycles. The summed E-state index contributed by atoms with van der Waals surface area (Å²) in [6.07, 6.45) is 1.71. The van der Waals surface area contributed by atoms with E-state index in [1.807, 2.05) is 19.1 Å². The third kappa shape index (κ3) is 1.63. The SMILES string of the molecule is COc1[nH]ncc1-c1ccc(C#N)c(C)c1. The van der Waals surface area contributed by atoms with Gasteiger partial charge in [0.15, 0.2) is 0 Å². The number of hydrogen-bond donors (Lipinski definition) is 1. The van der Waals surface area contributed by atoms with Crippen LogP contribution in [-0.2, 0) is 0 Å². The third-order valence-corrected chi connectivity index (χ3v) is 2.47. The molecule has 0 amide bonds. The van der Waals surface area contributed by atoms with Gasteiger partial charge >= 0.3 is 0 Å². The van der Waals surface area contributed by atoms with Gasteiger partial charge < -0.3 is 4.74 Å². The Morgan fingerprint density at radius 2 is 2.25 bits per heavy atom. The van der Waals surface area contributed by atoms with E-state index >= 15 is 0 Å². The normalized spacial score (nSPS) is 9.81. The lowest BCUT2D eigenvalue weighted by molar-refractivity contribution is 0.398. The Balaban J connectivity index is 2.50. The van der Waals surface area contributed by atoms with Gasteiger partial charge in [0.05, 0.1) is 30.5 Å². The molecular formula is C12H11N3O. The van der Waals surface area contributed by atoms with Crippen LogP contribution in [0.4, 0.5) is 0 Å². The highest BCUT2D eigenvalue weighted by Gasteiger charge is 2.08. The van der Waals surface area contributed by atoms with Crippen LogP contribution in [0.1, 0.15) is 11.1 Å². The van der Waals surface area contributed by atoms with Crippen molar-refractivity contribution in [3.63, 3.8) is 0 Å². The van der Waals surface area contributed by atoms with Gasteiger partial charge in [0, 0.05) is 0 Å². The first kappa shape index (κ1) is 10.2. The smallest absolute Gasteiger partial charge is 0.216 e. The van der Waals surface area contributed by atoms with Crippen molar-refractivity contribution in [1.29, 1.82) is 5.26 Å². The summed E-state index contributed by atoms with van der Waals surface area (Å²) in [4.78, 5) is 0. The Bertz CT molecular complexity index is 552. The number of aromatic amines is 1. The largest absolute Gasteiger partial charge is 0.481 e. The Morgan fingerprint density at radius 1 is 1.44 bits per heavy atom. The van der Waals surface area contributed by atoms with E-state index in [1.54, 1.807) is 19.4 Å². The average molecular weight is 213 g/mol. The number of hydrogen-bond acceptors (Lipinski definition) is 3. The molecule has 0 saturated carbocycles. The van der Waals surface area contributed by atoms with Crippen LogP contribution in [0.5, 0.6) is 5.88 Å². The summed E-state index contributed by atoms with van der Waals surface area (Å²) in [6.45, 7) is 1.91. The highest BCUT2D eigenvalue weighted by molar-refractivity contribution is 5.69. The van der Waals surface area contributed by atoms with Gasteiger partial charge in [0.25, 0.3) is 0 Å². The molecule has 0 radical (unpaired) electrons. The number of benzene rings is 1. The highest BCUT2D eigenvalue weighted by Crippen LogP contribution is 2.28. The molecule has 0 aliphatic heterocycles. The van der Waals surface area contributed by atoms with Crippen LogP contribution < -0.4 is 4.74 Å². The molecule has 1 aromatic heterocycles. The van der Waals surface area contributed by atoms with Crippen molar-refractivity contribution in [3.05, 3.63) is 35.5 Å². The van der Waals surface area contributed by atoms with Crippen LogP contribution in [0.2, 0.25) is 0 Å². The minimum atomic E-state index is 0.629. The van der Waals surface area contributed by atoms with Gasteiger partial charge in [0.2, 0.25) is 5.88 Å². The van der Waals surface area contributed by atoms with Crippen LogP contribution in [-0.4, -0.2) is 17.3 Å². The molecule has 2 rings (SSSR count). The molecule has 0 atom stereocenters. The maximum atomic E-state index is 8.85. The van der Waals surface area contributed by atoms with Crippen LogP contribution in [0.15, 0.2) is 24.4 Å². The van der Waals surface area contributed by atoms with Gasteiger partial charge in [-0.05, 0) is 30.2 Å². The fraction of sp³-hybridized carbons (Fsp3) is 0.167. The standard InChI is InChI=1S/C12H11N3O/c1-8-5-9(3-4-10(8)6-13)11-7-14-15-12(11)16-2/h3-5,7H,1-2H3,(H,14,15). The van der Waals surface area contributed by atoms with E-state index in [9.17, 15) is 0 Å². The molecule has 0 spiro atoms. The Kier molecular flexibility index (Phi) is 2.61. The lowest BCUT2D eigenvalue weighted by Crippen LogP contribution is -1.87. The van der Waals surface area contributed by atoms with Crippen LogP contribution in [0, 0.1) is 18.3 Å². The summed E-state index contributed by atoms with van der Waals surface area (Å²) in [6, 6.07) is 7.78. The number of nitrogens with one attached hydrogen (secondary N) is 1. The topological polar surface area (TPSA) is 61.7 Å². The predicted molar refractivity (Wildman–Crippen MR) is 60.0 cm³/mol. The lowest BCUT2D eigenvalue weighted by Gasteiger charge is -2.03. The maximum Gasteiger partial charge on any atom is 0.216 e. The molecule has 0 aliphatic rings. The number of nitrogens with zero attached hydrogens (tertiary/aromatic N) is 2. The molecule has 1 N–H and O–H groups in total. The molecule has 1 aromatic carbocycles. The first-order chi connectivity index (χ1) is 7.76. The Labute approximate surface area is 93.5 Å². The second-order valence-electron chi connectivity index (χ2n) is 3.46. The quantitative estimate of drug-likeness (QED) is 0.832. The van der Waals surface area contributed by atoms with Crippen molar-refractivity contribution < 1.29 is 4.74 Å². The van der Waals surface area contributed by atoms with Crippen LogP contribution >= 0.6 is 0 Å². The molecule has 0 saturated heterocycles. The first-order valence-electron chi connectivity index (χ1n) is 4.84. The molecule has 0 unspecified atom stereocenters. The lowest BCUT2D eigenvalue weighted by atomic mass is 10.0. The van der Waals surface area contributed by atoms with Crippen molar-refractivity contribution in [2.24, 2.45) is 0 Å². The number of aromatic nitrogens is 2. The van der Waals surface area contributed by atoms with E-state index in [4.69, 9.17) is 10.00 Å². The van der Waals surface area contributed by atoms with Gasteiger partial charge in [-0.3, -0.25) is 0 Å². The molecule has 4 nitrogen and oxygen atoms in total. The third-order valence-electron chi connectivity index (χ3n) is 2.47. The number of ether oxygens (including phenoxy) is 1. The average Bonchev–Trinajstić information content (AvgIpc) is 2.77. The summed E-state index contributed by atoms with van der Waals surface area (Å²) in [5.41, 5.74) is 3.52. The van der Waals surface area contributed by atoms with E-state index in [0.29, 0.717) is 11.4 Å². The van der Waals surface area contributed by atoms with E-state index < -0.39 is 0 Å². The molecule has 0 fully saturated rings. The summed E-state index contributed by atoms with van der Waals surface area (Å²) in [7, 11) is 1.59. The second-order valence-corrected chi connectivity index (χ2v) is 3.46. The zero-order chi connectivity index (χ0) is 11.5. The van der Waals surface area contributed by atoms with E-state index in [2.05, 4.69) is 16.3 Å². The van der Waals surface area contributed by atoms with Crippen molar-refractivity contribution >= 4 is 0 Å². The summed E-state index contributed by atoms with van der Waals surface area (Å²) in [5.74, 6) is 0.629. The van der Waals surface area contributed by atoms with E-state index in [1.165, 1.54) is 0 Å². The zero-order valence-corrected chi connectivity index (χ0v) is 9.11. The molecule has 16 heavy (non-hydrogen) atoms. The number of H-pyrrole nitrogens is 1. The fourth-order valence-corrected chi connectivity index (χ4v) is 1.59. The molecule has 2 aromatic rings. The molecule has 1 heterocycles. The van der Waals surface area contributed by atoms with Gasteiger partial charge in [-0.1, -0.05) is 6.07 Å². The van der Waals surface area contributed by atoms with E-state index in [0.717, 1.165) is 16.7 Å². The molecular weight excluding hydrogens is 202 g/mol. The summed E-state index contributed by atoms with van der Waals surface area (Å²) in [5, 5.41) is 15.5. The van der Waals surface area contributed by atoms with Crippen molar-refractivity contribution in [2.75, 3.05) is 7.11 Å². The van der Waals surface area contributed by atoms with Gasteiger partial charge in [0.1, 0.15) is 0 Å². The number of methoxy groups -OCH3 is 1. The number of aryl methyl sites for hydroxylation is 1. The van der Waals surface area contributed by atoms with Crippen LogP contribution in [0.25, 0.3) is 11.1 Å². The van der Waals surface area contributed by atoms with Crippen molar-refractivity contribution in [1.82, 2.24) is 10.2 Å². The molecule has 0 bridgehead atoms. The van der Waals surface area contributed by atoms with Crippen molar-refractivity contribution in [2.45, 2.75) is 6.92 Å². The maximum absolute atomic E-state index is 8.85. The second kappa shape index (κ2) is 4.07. The van der Waals surface area contributed by atoms with Gasteiger partial charge in [-0.2, -0.15) is 10.4 Å². The minimum Gasteiger partial charge on any atom is -0.481 e. The number of rotatable bonds is 2. The fourth-order valence-electron chi connectivity index (χ4n) is 1.59.